The maximum atomic E-state index is 3.47. The molecular formula is C12H16N2. The summed E-state index contributed by atoms with van der Waals surface area (Å²) in [5.74, 6) is 1.77. The SMILES string of the molecule is c1ccc(N2C[C@H]3CNC[C@@H]3C2)cc1. The summed E-state index contributed by atoms with van der Waals surface area (Å²) in [6, 6.07) is 10.8. The van der Waals surface area contributed by atoms with Crippen LogP contribution in [-0.4, -0.2) is 26.2 Å². The van der Waals surface area contributed by atoms with Crippen molar-refractivity contribution in [2.24, 2.45) is 11.8 Å². The average Bonchev–Trinajstić information content (AvgIpc) is 2.78. The first-order valence-electron chi connectivity index (χ1n) is 5.44. The Morgan fingerprint density at radius 3 is 2.29 bits per heavy atom. The monoisotopic (exact) mass is 188 g/mol. The molecule has 1 aromatic carbocycles. The zero-order valence-corrected chi connectivity index (χ0v) is 8.32. The fourth-order valence-corrected chi connectivity index (χ4v) is 2.71. The van der Waals surface area contributed by atoms with Gasteiger partial charge in [0.15, 0.2) is 0 Å². The standard InChI is InChI=1S/C12H16N2/c1-2-4-12(5-3-1)14-8-10-6-13-7-11(10)9-14/h1-5,10-11,13H,6-9H2/t10-,11-/m1/s1. The van der Waals surface area contributed by atoms with E-state index >= 15 is 0 Å². The molecule has 0 amide bonds. The van der Waals surface area contributed by atoms with Gasteiger partial charge in [0.2, 0.25) is 0 Å². The van der Waals surface area contributed by atoms with Crippen LogP contribution in [0.4, 0.5) is 5.69 Å². The summed E-state index contributed by atoms with van der Waals surface area (Å²) in [6.07, 6.45) is 0. The van der Waals surface area contributed by atoms with Crippen molar-refractivity contribution < 1.29 is 0 Å². The lowest BCUT2D eigenvalue weighted by atomic mass is 10.0. The number of hydrogen-bond donors (Lipinski definition) is 1. The first-order valence-corrected chi connectivity index (χ1v) is 5.44. The van der Waals surface area contributed by atoms with Crippen molar-refractivity contribution in [3.63, 3.8) is 0 Å². The topological polar surface area (TPSA) is 15.3 Å². The van der Waals surface area contributed by atoms with Gasteiger partial charge in [-0.05, 0) is 24.0 Å². The van der Waals surface area contributed by atoms with Gasteiger partial charge in [-0.3, -0.25) is 0 Å². The number of fused-ring (bicyclic) bond motifs is 1. The van der Waals surface area contributed by atoms with Crippen molar-refractivity contribution in [1.29, 1.82) is 0 Å². The van der Waals surface area contributed by atoms with Crippen molar-refractivity contribution in [2.75, 3.05) is 31.1 Å². The second-order valence-electron chi connectivity index (χ2n) is 4.42. The molecule has 2 aliphatic rings. The minimum atomic E-state index is 0.884. The van der Waals surface area contributed by atoms with Crippen molar-refractivity contribution in [1.82, 2.24) is 5.32 Å². The highest BCUT2D eigenvalue weighted by molar-refractivity contribution is 5.47. The smallest absolute Gasteiger partial charge is 0.0366 e. The van der Waals surface area contributed by atoms with Gasteiger partial charge < -0.3 is 10.2 Å². The molecule has 2 fully saturated rings. The summed E-state index contributed by atoms with van der Waals surface area (Å²) < 4.78 is 0. The Kier molecular flexibility index (Phi) is 1.95. The highest BCUT2D eigenvalue weighted by Gasteiger charge is 2.35. The molecule has 0 spiro atoms. The van der Waals surface area contributed by atoms with Gasteiger partial charge in [0, 0.05) is 31.9 Å². The van der Waals surface area contributed by atoms with E-state index in [1.54, 1.807) is 0 Å². The lowest BCUT2D eigenvalue weighted by Gasteiger charge is -2.19. The molecule has 0 aromatic heterocycles. The third-order valence-electron chi connectivity index (χ3n) is 3.51. The van der Waals surface area contributed by atoms with Crippen LogP contribution in [0.1, 0.15) is 0 Å². The number of benzene rings is 1. The van der Waals surface area contributed by atoms with Crippen LogP contribution in [0.2, 0.25) is 0 Å². The quantitative estimate of drug-likeness (QED) is 0.715. The van der Waals surface area contributed by atoms with Gasteiger partial charge in [-0.15, -0.1) is 0 Å². The van der Waals surface area contributed by atoms with E-state index in [9.17, 15) is 0 Å². The largest absolute Gasteiger partial charge is 0.371 e. The first-order chi connectivity index (χ1) is 6.93. The Morgan fingerprint density at radius 2 is 1.64 bits per heavy atom. The zero-order valence-electron chi connectivity index (χ0n) is 8.32. The number of hydrogen-bond acceptors (Lipinski definition) is 2. The molecule has 0 radical (unpaired) electrons. The van der Waals surface area contributed by atoms with E-state index < -0.39 is 0 Å². The number of rotatable bonds is 1. The van der Waals surface area contributed by atoms with E-state index in [1.165, 1.54) is 31.9 Å². The summed E-state index contributed by atoms with van der Waals surface area (Å²) in [6.45, 7) is 4.91. The average molecular weight is 188 g/mol. The van der Waals surface area contributed by atoms with Crippen LogP contribution >= 0.6 is 0 Å². The molecule has 0 bridgehead atoms. The zero-order chi connectivity index (χ0) is 9.38. The minimum Gasteiger partial charge on any atom is -0.371 e. The molecule has 14 heavy (non-hydrogen) atoms. The molecule has 2 aliphatic heterocycles. The van der Waals surface area contributed by atoms with Crippen molar-refractivity contribution in [3.8, 4) is 0 Å². The van der Waals surface area contributed by atoms with Crippen LogP contribution < -0.4 is 10.2 Å². The molecule has 2 saturated heterocycles. The highest BCUT2D eigenvalue weighted by Crippen LogP contribution is 2.29. The van der Waals surface area contributed by atoms with Crippen molar-refractivity contribution in [3.05, 3.63) is 30.3 Å². The highest BCUT2D eigenvalue weighted by atomic mass is 15.2. The summed E-state index contributed by atoms with van der Waals surface area (Å²) in [5.41, 5.74) is 1.39. The van der Waals surface area contributed by atoms with Crippen molar-refractivity contribution >= 4 is 5.69 Å². The second-order valence-corrected chi connectivity index (χ2v) is 4.42. The summed E-state index contributed by atoms with van der Waals surface area (Å²) in [4.78, 5) is 2.52. The molecule has 3 rings (SSSR count). The minimum absolute atomic E-state index is 0.884. The van der Waals surface area contributed by atoms with E-state index in [0.717, 1.165) is 11.8 Å². The molecule has 2 nitrogen and oxygen atoms in total. The summed E-state index contributed by atoms with van der Waals surface area (Å²) in [7, 11) is 0. The Bertz CT molecular complexity index is 297. The second kappa shape index (κ2) is 3.28. The maximum absolute atomic E-state index is 3.47. The Labute approximate surface area is 84.9 Å². The maximum Gasteiger partial charge on any atom is 0.0366 e. The number of nitrogens with zero attached hydrogens (tertiary/aromatic N) is 1. The molecule has 0 unspecified atom stereocenters. The lowest BCUT2D eigenvalue weighted by molar-refractivity contribution is 0.533. The Balaban J connectivity index is 1.77. The molecule has 2 heteroatoms. The fourth-order valence-electron chi connectivity index (χ4n) is 2.71. The van der Waals surface area contributed by atoms with Gasteiger partial charge in [0.1, 0.15) is 0 Å². The lowest BCUT2D eigenvalue weighted by Crippen LogP contribution is -2.25. The van der Waals surface area contributed by atoms with E-state index in [0.29, 0.717) is 0 Å². The molecular weight excluding hydrogens is 172 g/mol. The van der Waals surface area contributed by atoms with Gasteiger partial charge >= 0.3 is 0 Å². The van der Waals surface area contributed by atoms with Gasteiger partial charge in [-0.1, -0.05) is 18.2 Å². The van der Waals surface area contributed by atoms with Crippen LogP contribution in [0.5, 0.6) is 0 Å². The number of anilines is 1. The predicted molar refractivity (Wildman–Crippen MR) is 58.5 cm³/mol. The molecule has 0 saturated carbocycles. The molecule has 2 atom stereocenters. The van der Waals surface area contributed by atoms with Crippen LogP contribution in [0.25, 0.3) is 0 Å². The Hall–Kier alpha value is -1.02. The fraction of sp³-hybridized carbons (Fsp3) is 0.500. The van der Waals surface area contributed by atoms with Gasteiger partial charge in [-0.2, -0.15) is 0 Å². The van der Waals surface area contributed by atoms with Gasteiger partial charge in [0.25, 0.3) is 0 Å². The molecule has 1 aromatic rings. The molecule has 2 heterocycles. The molecule has 0 aliphatic carbocycles. The summed E-state index contributed by atoms with van der Waals surface area (Å²) >= 11 is 0. The number of para-hydroxylation sites is 1. The molecule has 1 N–H and O–H groups in total. The number of nitrogens with one attached hydrogen (secondary N) is 1. The summed E-state index contributed by atoms with van der Waals surface area (Å²) in [5, 5.41) is 3.47. The van der Waals surface area contributed by atoms with E-state index in [4.69, 9.17) is 0 Å². The predicted octanol–water partition coefficient (Wildman–Crippen LogP) is 1.34. The Morgan fingerprint density at radius 1 is 1.00 bits per heavy atom. The molecule has 74 valence electrons. The normalized spacial score (nSPS) is 30.7. The third-order valence-corrected chi connectivity index (χ3v) is 3.51. The third kappa shape index (κ3) is 1.30. The first kappa shape index (κ1) is 8.30. The van der Waals surface area contributed by atoms with E-state index in [-0.39, 0.29) is 0 Å². The van der Waals surface area contributed by atoms with Crippen molar-refractivity contribution in [2.45, 2.75) is 0 Å². The van der Waals surface area contributed by atoms with E-state index in [1.807, 2.05) is 0 Å². The van der Waals surface area contributed by atoms with Crippen LogP contribution in [0.15, 0.2) is 30.3 Å². The van der Waals surface area contributed by atoms with Gasteiger partial charge in [-0.25, -0.2) is 0 Å². The van der Waals surface area contributed by atoms with Crippen LogP contribution in [0.3, 0.4) is 0 Å². The van der Waals surface area contributed by atoms with E-state index in [2.05, 4.69) is 40.5 Å². The van der Waals surface area contributed by atoms with Gasteiger partial charge in [0.05, 0.1) is 0 Å². The van der Waals surface area contributed by atoms with Crippen LogP contribution in [-0.2, 0) is 0 Å². The van der Waals surface area contributed by atoms with Crippen LogP contribution in [0, 0.1) is 11.8 Å².